The maximum absolute atomic E-state index is 13.0. The molecular weight excluding hydrogens is 463 g/mol. The maximum Gasteiger partial charge on any atom is 0.406 e. The lowest BCUT2D eigenvalue weighted by Crippen LogP contribution is -2.26. The van der Waals surface area contributed by atoms with Gasteiger partial charge >= 0.3 is 6.18 Å². The number of halogens is 3. The first-order valence-electron chi connectivity index (χ1n) is 11.0. The van der Waals surface area contributed by atoms with E-state index in [1.807, 2.05) is 12.3 Å². The van der Waals surface area contributed by atoms with Crippen LogP contribution in [0, 0.1) is 0 Å². The zero-order valence-corrected chi connectivity index (χ0v) is 19.6. The summed E-state index contributed by atoms with van der Waals surface area (Å²) in [4.78, 5) is 10.0. The van der Waals surface area contributed by atoms with Gasteiger partial charge in [-0.2, -0.15) is 18.3 Å². The summed E-state index contributed by atoms with van der Waals surface area (Å²) in [5.41, 5.74) is 3.11. The van der Waals surface area contributed by atoms with E-state index in [1.165, 1.54) is 23.7 Å². The fourth-order valence-corrected chi connectivity index (χ4v) is 5.45. The van der Waals surface area contributed by atoms with Crippen molar-refractivity contribution >= 4 is 16.9 Å². The molecule has 0 aromatic carbocycles. The van der Waals surface area contributed by atoms with Gasteiger partial charge in [0.25, 0.3) is 0 Å². The van der Waals surface area contributed by atoms with E-state index in [0.29, 0.717) is 11.6 Å². The molecule has 0 spiro atoms. The molecule has 5 rings (SSSR count). The van der Waals surface area contributed by atoms with Crippen LogP contribution < -0.4 is 0 Å². The van der Waals surface area contributed by atoms with Gasteiger partial charge in [-0.05, 0) is 37.8 Å². The van der Waals surface area contributed by atoms with Crippen LogP contribution in [0.25, 0.3) is 16.4 Å². The van der Waals surface area contributed by atoms with Crippen LogP contribution in [0.15, 0.2) is 54.7 Å². The molecule has 0 saturated heterocycles. The molecule has 1 unspecified atom stereocenters. The van der Waals surface area contributed by atoms with E-state index in [4.69, 9.17) is 4.98 Å². The minimum absolute atomic E-state index is 0.0521. The second kappa shape index (κ2) is 8.35. The third kappa shape index (κ3) is 4.78. The SMILES string of the molecule is CC(C)(O)Cn1cc(C2=CC3=CCCc4sc(-c5nccn5CC(F)(F)F)nc4C3C=C2)cn1. The van der Waals surface area contributed by atoms with Crippen molar-refractivity contribution in [2.75, 3.05) is 0 Å². The Morgan fingerprint density at radius 3 is 2.82 bits per heavy atom. The zero-order chi connectivity index (χ0) is 24.1. The van der Waals surface area contributed by atoms with Crippen molar-refractivity contribution in [1.82, 2.24) is 24.3 Å². The summed E-state index contributed by atoms with van der Waals surface area (Å²) in [5.74, 6) is 0.194. The summed E-state index contributed by atoms with van der Waals surface area (Å²) in [7, 11) is 0. The quantitative estimate of drug-likeness (QED) is 0.541. The lowest BCUT2D eigenvalue weighted by atomic mass is 9.87. The molecule has 0 bridgehead atoms. The van der Waals surface area contributed by atoms with Gasteiger partial charge in [0.05, 0.1) is 24.0 Å². The number of thiazole rings is 1. The van der Waals surface area contributed by atoms with E-state index in [2.05, 4.69) is 28.3 Å². The van der Waals surface area contributed by atoms with Gasteiger partial charge in [0.1, 0.15) is 6.54 Å². The molecule has 0 aliphatic heterocycles. The zero-order valence-electron chi connectivity index (χ0n) is 18.8. The van der Waals surface area contributed by atoms with Crippen molar-refractivity contribution in [3.63, 3.8) is 0 Å². The number of aryl methyl sites for hydroxylation is 1. The van der Waals surface area contributed by atoms with Crippen LogP contribution in [0.3, 0.4) is 0 Å². The average Bonchev–Trinajstić information content (AvgIpc) is 3.44. The first-order valence-corrected chi connectivity index (χ1v) is 11.8. The Morgan fingerprint density at radius 2 is 2.06 bits per heavy atom. The highest BCUT2D eigenvalue weighted by atomic mass is 32.1. The molecule has 2 aliphatic rings. The van der Waals surface area contributed by atoms with Gasteiger partial charge in [-0.1, -0.05) is 24.3 Å². The van der Waals surface area contributed by atoms with E-state index in [9.17, 15) is 18.3 Å². The number of nitrogens with zero attached hydrogens (tertiary/aromatic N) is 5. The fraction of sp³-hybridized carbons (Fsp3) is 0.375. The third-order valence-electron chi connectivity index (χ3n) is 5.70. The average molecular weight is 488 g/mol. The largest absolute Gasteiger partial charge is 0.406 e. The van der Waals surface area contributed by atoms with E-state index < -0.39 is 18.3 Å². The molecule has 0 saturated carbocycles. The van der Waals surface area contributed by atoms with E-state index in [1.54, 1.807) is 24.7 Å². The minimum atomic E-state index is -4.33. The Balaban J connectivity index is 1.42. The molecule has 10 heteroatoms. The Morgan fingerprint density at radius 1 is 1.24 bits per heavy atom. The van der Waals surface area contributed by atoms with Crippen molar-refractivity contribution in [2.45, 2.75) is 57.5 Å². The minimum Gasteiger partial charge on any atom is -0.389 e. The molecule has 0 amide bonds. The molecule has 0 radical (unpaired) electrons. The van der Waals surface area contributed by atoms with E-state index in [0.717, 1.165) is 44.7 Å². The number of rotatable bonds is 5. The normalized spacial score (nSPS) is 18.2. The Labute approximate surface area is 198 Å². The topological polar surface area (TPSA) is 68.8 Å². The lowest BCUT2D eigenvalue weighted by molar-refractivity contribution is -0.140. The predicted octanol–water partition coefficient (Wildman–Crippen LogP) is 5.15. The molecule has 6 nitrogen and oxygen atoms in total. The van der Waals surface area contributed by atoms with Crippen LogP contribution >= 0.6 is 11.3 Å². The third-order valence-corrected chi connectivity index (χ3v) is 6.82. The molecule has 1 N–H and O–H groups in total. The fourth-order valence-electron chi connectivity index (χ4n) is 4.32. The van der Waals surface area contributed by atoms with Crippen LogP contribution in [-0.2, 0) is 19.5 Å². The number of allylic oxidation sites excluding steroid dienone is 6. The Bertz CT molecular complexity index is 1300. The highest BCUT2D eigenvalue weighted by Gasteiger charge is 2.31. The maximum atomic E-state index is 13.0. The summed E-state index contributed by atoms with van der Waals surface area (Å²) in [5, 5.41) is 14.9. The first-order chi connectivity index (χ1) is 16.1. The van der Waals surface area contributed by atoms with Gasteiger partial charge in [0.2, 0.25) is 0 Å². The molecular formula is C24H24F3N5OS. The second-order valence-electron chi connectivity index (χ2n) is 9.24. The van der Waals surface area contributed by atoms with Crippen LogP contribution in [0.4, 0.5) is 13.2 Å². The predicted molar refractivity (Wildman–Crippen MR) is 124 cm³/mol. The van der Waals surface area contributed by atoms with Gasteiger partial charge in [-0.25, -0.2) is 9.97 Å². The van der Waals surface area contributed by atoms with Crippen molar-refractivity contribution in [1.29, 1.82) is 0 Å². The number of hydrogen-bond donors (Lipinski definition) is 1. The van der Waals surface area contributed by atoms with Gasteiger partial charge < -0.3 is 9.67 Å². The van der Waals surface area contributed by atoms with Crippen molar-refractivity contribution < 1.29 is 18.3 Å². The molecule has 1 atom stereocenters. The summed E-state index contributed by atoms with van der Waals surface area (Å²) < 4.78 is 41.7. The van der Waals surface area contributed by atoms with Crippen LogP contribution in [0.1, 0.15) is 42.3 Å². The summed E-state index contributed by atoms with van der Waals surface area (Å²) in [6.45, 7) is 2.79. The Kier molecular flexibility index (Phi) is 5.60. The van der Waals surface area contributed by atoms with E-state index in [-0.39, 0.29) is 11.7 Å². The molecule has 34 heavy (non-hydrogen) atoms. The molecule has 178 valence electrons. The number of hydrogen-bond acceptors (Lipinski definition) is 5. The van der Waals surface area contributed by atoms with Crippen LogP contribution in [0.2, 0.25) is 0 Å². The number of fused-ring (bicyclic) bond motifs is 3. The number of alkyl halides is 3. The summed E-state index contributed by atoms with van der Waals surface area (Å²) in [6, 6.07) is 0. The standard InChI is InChI=1S/C24H24F3N5OS/c1-23(2,33)13-32-12-17(11-29-32)15-6-7-18-16(10-15)4-3-5-19-20(18)30-22(34-19)21-28-8-9-31(21)14-24(25,26)27/h4,6-12,18,33H,3,5,13-14H2,1-2H3. The van der Waals surface area contributed by atoms with E-state index >= 15 is 0 Å². The summed E-state index contributed by atoms with van der Waals surface area (Å²) in [6.07, 6.45) is 12.2. The van der Waals surface area contributed by atoms with Crippen LogP contribution in [-0.4, -0.2) is 41.2 Å². The smallest absolute Gasteiger partial charge is 0.389 e. The number of aliphatic hydroxyl groups is 1. The van der Waals surface area contributed by atoms with Crippen molar-refractivity contribution in [3.8, 4) is 10.8 Å². The summed E-state index contributed by atoms with van der Waals surface area (Å²) >= 11 is 1.42. The molecule has 0 fully saturated rings. The monoisotopic (exact) mass is 487 g/mol. The van der Waals surface area contributed by atoms with Gasteiger partial charge in [0, 0.05) is 34.9 Å². The van der Waals surface area contributed by atoms with Crippen molar-refractivity contribution in [2.24, 2.45) is 0 Å². The lowest BCUT2D eigenvalue weighted by Gasteiger charge is -2.18. The highest BCUT2D eigenvalue weighted by Crippen LogP contribution is 2.42. The molecule has 3 aromatic rings. The van der Waals surface area contributed by atoms with Crippen LogP contribution in [0.5, 0.6) is 0 Å². The molecule has 3 heterocycles. The first kappa shape index (κ1) is 22.8. The van der Waals surface area contributed by atoms with Gasteiger partial charge in [0.15, 0.2) is 10.8 Å². The van der Waals surface area contributed by atoms with Gasteiger partial charge in [-0.3, -0.25) is 4.68 Å². The second-order valence-corrected chi connectivity index (χ2v) is 10.3. The van der Waals surface area contributed by atoms with Crippen molar-refractivity contribution in [3.05, 3.63) is 70.8 Å². The number of aromatic nitrogens is 5. The van der Waals surface area contributed by atoms with Gasteiger partial charge in [-0.15, -0.1) is 11.3 Å². The molecule has 3 aromatic heterocycles. The number of imidazole rings is 1. The molecule has 2 aliphatic carbocycles. The Hall–Kier alpha value is -2.98. The highest BCUT2D eigenvalue weighted by molar-refractivity contribution is 7.15.